The van der Waals surface area contributed by atoms with Gasteiger partial charge in [-0.25, -0.2) is 9.97 Å². The smallest absolute Gasteiger partial charge is 0.320 e. The van der Waals surface area contributed by atoms with Crippen molar-refractivity contribution in [1.29, 1.82) is 0 Å². The van der Waals surface area contributed by atoms with Crippen LogP contribution in [0.2, 0.25) is 5.15 Å². The molecule has 0 aliphatic carbocycles. The number of benzene rings is 1. The number of carbonyl (C=O) groups is 1. The van der Waals surface area contributed by atoms with Crippen LogP contribution < -0.4 is 15.2 Å². The van der Waals surface area contributed by atoms with Crippen LogP contribution in [0, 0.1) is 25.7 Å². The van der Waals surface area contributed by atoms with Crippen molar-refractivity contribution in [3.63, 3.8) is 0 Å². The predicted octanol–water partition coefficient (Wildman–Crippen LogP) is 4.86. The zero-order valence-corrected chi connectivity index (χ0v) is 23.9. The number of aromatic nitrogens is 4. The zero-order valence-electron chi connectivity index (χ0n) is 23.2. The third kappa shape index (κ3) is 6.36. The summed E-state index contributed by atoms with van der Waals surface area (Å²) >= 11 is 6.69. The fraction of sp³-hybridized carbons (Fsp3) is 0.333. The minimum Gasteiger partial charge on any atom is -0.496 e. The second-order valence-electron chi connectivity index (χ2n) is 9.80. The summed E-state index contributed by atoms with van der Waals surface area (Å²) in [5, 5.41) is 9.92. The molecule has 4 aromatic rings. The number of fused-ring (bicyclic) bond motifs is 1. The zero-order chi connectivity index (χ0) is 29.0. The van der Waals surface area contributed by atoms with Gasteiger partial charge in [-0.1, -0.05) is 37.3 Å². The van der Waals surface area contributed by atoms with E-state index in [1.54, 1.807) is 19.2 Å². The number of methoxy groups -OCH3 is 1. The van der Waals surface area contributed by atoms with Crippen LogP contribution in [0.15, 0.2) is 36.7 Å². The van der Waals surface area contributed by atoms with Gasteiger partial charge in [-0.3, -0.25) is 9.78 Å². The molecule has 10 heteroatoms. The van der Waals surface area contributed by atoms with Crippen LogP contribution in [0.3, 0.4) is 0 Å². The first kappa shape index (κ1) is 28.9. The Hall–Kier alpha value is -4.13. The Bertz CT molecular complexity index is 1600. The van der Waals surface area contributed by atoms with E-state index in [1.165, 1.54) is 0 Å². The van der Waals surface area contributed by atoms with Crippen molar-refractivity contribution in [3.05, 3.63) is 75.6 Å². The molecular formula is C30H32ClN5O4. The average Bonchev–Trinajstić information content (AvgIpc) is 3.27. The van der Waals surface area contributed by atoms with E-state index in [9.17, 15) is 4.79 Å². The number of rotatable bonds is 9. The van der Waals surface area contributed by atoms with Gasteiger partial charge in [0, 0.05) is 41.4 Å². The van der Waals surface area contributed by atoms with Crippen LogP contribution in [0.25, 0.3) is 11.0 Å². The van der Waals surface area contributed by atoms with Gasteiger partial charge >= 0.3 is 5.97 Å². The molecule has 3 aromatic heterocycles. The molecule has 0 spiro atoms. The molecular weight excluding hydrogens is 530 g/mol. The van der Waals surface area contributed by atoms with Crippen LogP contribution in [-0.4, -0.2) is 50.4 Å². The molecule has 9 nitrogen and oxygen atoms in total. The summed E-state index contributed by atoms with van der Waals surface area (Å²) in [5.74, 6) is 7.54. The molecule has 0 saturated carbocycles. The van der Waals surface area contributed by atoms with Crippen LogP contribution in [0.4, 0.5) is 0 Å². The van der Waals surface area contributed by atoms with Gasteiger partial charge in [-0.05, 0) is 38.1 Å². The van der Waals surface area contributed by atoms with Crippen LogP contribution >= 0.6 is 11.6 Å². The van der Waals surface area contributed by atoms with E-state index in [0.717, 1.165) is 28.1 Å². The predicted molar refractivity (Wildman–Crippen MR) is 154 cm³/mol. The van der Waals surface area contributed by atoms with Gasteiger partial charge in [-0.15, -0.1) is 0 Å². The Morgan fingerprint density at radius 3 is 2.55 bits per heavy atom. The molecule has 0 bridgehead atoms. The third-order valence-corrected chi connectivity index (χ3v) is 6.76. The summed E-state index contributed by atoms with van der Waals surface area (Å²) in [4.78, 5) is 24.9. The average molecular weight is 562 g/mol. The lowest BCUT2D eigenvalue weighted by Gasteiger charge is -2.13. The van der Waals surface area contributed by atoms with E-state index < -0.39 is 12.0 Å². The molecule has 3 heterocycles. The number of hydrogen-bond acceptors (Lipinski definition) is 7. The highest BCUT2D eigenvalue weighted by Gasteiger charge is 2.19. The number of ether oxygens (including phenoxy) is 2. The highest BCUT2D eigenvalue weighted by molar-refractivity contribution is 6.34. The molecule has 4 rings (SSSR count). The second-order valence-corrected chi connectivity index (χ2v) is 10.2. The molecule has 0 saturated heterocycles. The highest BCUT2D eigenvalue weighted by atomic mass is 35.5. The minimum atomic E-state index is -1.05. The molecule has 0 radical (unpaired) electrons. The lowest BCUT2D eigenvalue weighted by atomic mass is 10.1. The normalized spacial score (nSPS) is 11.8. The van der Waals surface area contributed by atoms with Gasteiger partial charge in [0.25, 0.3) is 0 Å². The van der Waals surface area contributed by atoms with Crippen molar-refractivity contribution >= 4 is 28.6 Å². The number of halogens is 1. The molecule has 0 aliphatic rings. The summed E-state index contributed by atoms with van der Waals surface area (Å²) in [6, 6.07) is 6.28. The first-order valence-corrected chi connectivity index (χ1v) is 13.3. The molecule has 0 amide bonds. The lowest BCUT2D eigenvalue weighted by Crippen LogP contribution is -2.31. The standard InChI is InChI=1S/C30H32ClN5O4/c1-17(2)28-34-27(31)25-21(9-6-20-7-10-22(11-8-20)40-13-12-23(32)30(37)38)15-36(29(25)35-28)16-24-19(4)26(39-5)18(3)14-33-24/h7-8,10-11,14-15,17,23H,12-13,16,32H2,1-5H3,(H,37,38). The first-order valence-electron chi connectivity index (χ1n) is 12.9. The summed E-state index contributed by atoms with van der Waals surface area (Å²) in [7, 11) is 1.66. The Balaban J connectivity index is 1.66. The van der Waals surface area contributed by atoms with Crippen molar-refractivity contribution in [2.75, 3.05) is 13.7 Å². The molecule has 1 aromatic carbocycles. The van der Waals surface area contributed by atoms with Crippen molar-refractivity contribution < 1.29 is 19.4 Å². The molecule has 0 aliphatic heterocycles. The molecule has 208 valence electrons. The maximum Gasteiger partial charge on any atom is 0.320 e. The first-order chi connectivity index (χ1) is 19.1. The van der Waals surface area contributed by atoms with Gasteiger partial charge in [0.2, 0.25) is 0 Å². The largest absolute Gasteiger partial charge is 0.496 e. The van der Waals surface area contributed by atoms with Crippen LogP contribution in [0.5, 0.6) is 11.5 Å². The Morgan fingerprint density at radius 2 is 1.90 bits per heavy atom. The SMILES string of the molecule is COc1c(C)cnc(Cn2cc(C#Cc3ccc(OCCC(N)C(=O)O)cc3)c3c(Cl)nc(C(C)C)nc32)c1C. The Morgan fingerprint density at radius 1 is 1.18 bits per heavy atom. The maximum atomic E-state index is 10.8. The van der Waals surface area contributed by atoms with Crippen molar-refractivity contribution in [3.8, 4) is 23.3 Å². The van der Waals surface area contributed by atoms with Crippen LogP contribution in [0.1, 0.15) is 60.0 Å². The number of nitrogens with two attached hydrogens (primary N) is 1. The van der Waals surface area contributed by atoms with Crippen LogP contribution in [-0.2, 0) is 11.3 Å². The van der Waals surface area contributed by atoms with Gasteiger partial charge in [0.15, 0.2) is 0 Å². The van der Waals surface area contributed by atoms with Gasteiger partial charge in [0.05, 0.1) is 36.9 Å². The molecule has 1 unspecified atom stereocenters. The Kier molecular flexibility index (Phi) is 8.93. The molecule has 40 heavy (non-hydrogen) atoms. The molecule has 0 fully saturated rings. The van der Waals surface area contributed by atoms with E-state index in [-0.39, 0.29) is 18.9 Å². The number of pyridine rings is 1. The van der Waals surface area contributed by atoms with E-state index >= 15 is 0 Å². The summed E-state index contributed by atoms with van der Waals surface area (Å²) < 4.78 is 13.2. The minimum absolute atomic E-state index is 0.0970. The second kappa shape index (κ2) is 12.4. The number of carboxylic acid groups (broad SMARTS) is 1. The quantitative estimate of drug-likeness (QED) is 0.219. The van der Waals surface area contributed by atoms with Gasteiger partial charge < -0.3 is 24.9 Å². The van der Waals surface area contributed by atoms with Crippen molar-refractivity contribution in [2.45, 2.75) is 52.6 Å². The van der Waals surface area contributed by atoms with E-state index in [0.29, 0.717) is 39.9 Å². The summed E-state index contributed by atoms with van der Waals surface area (Å²) in [6.07, 6.45) is 3.95. The lowest BCUT2D eigenvalue weighted by molar-refractivity contribution is -0.138. The number of carboxylic acids is 1. The highest BCUT2D eigenvalue weighted by Crippen LogP contribution is 2.30. The molecule has 3 N–H and O–H groups in total. The maximum absolute atomic E-state index is 10.8. The summed E-state index contributed by atoms with van der Waals surface area (Å²) in [5.41, 5.74) is 10.5. The molecule has 1 atom stereocenters. The van der Waals surface area contributed by atoms with Crippen molar-refractivity contribution in [2.24, 2.45) is 5.73 Å². The van der Waals surface area contributed by atoms with E-state index in [2.05, 4.69) is 21.8 Å². The monoisotopic (exact) mass is 561 g/mol. The topological polar surface area (TPSA) is 125 Å². The van der Waals surface area contributed by atoms with Gasteiger partial charge in [-0.2, -0.15) is 0 Å². The van der Waals surface area contributed by atoms with Gasteiger partial charge in [0.1, 0.15) is 34.2 Å². The fourth-order valence-corrected chi connectivity index (χ4v) is 4.50. The van der Waals surface area contributed by atoms with E-state index in [4.69, 9.17) is 36.9 Å². The number of hydrogen-bond donors (Lipinski definition) is 2. The number of aryl methyl sites for hydroxylation is 1. The van der Waals surface area contributed by atoms with E-state index in [1.807, 2.05) is 56.8 Å². The fourth-order valence-electron chi connectivity index (χ4n) is 4.23. The number of nitrogens with zero attached hydrogens (tertiary/aromatic N) is 4. The number of aliphatic carboxylic acids is 1. The van der Waals surface area contributed by atoms with Crippen molar-refractivity contribution in [1.82, 2.24) is 19.5 Å². The Labute approximate surface area is 238 Å². The third-order valence-electron chi connectivity index (χ3n) is 6.49. The summed E-state index contributed by atoms with van der Waals surface area (Å²) in [6.45, 7) is 8.68.